The lowest BCUT2D eigenvalue weighted by Gasteiger charge is -2.20. The number of nitrogens with zero attached hydrogens (tertiary/aromatic N) is 1. The summed E-state index contributed by atoms with van der Waals surface area (Å²) in [4.78, 5) is 39.2. The van der Waals surface area contributed by atoms with E-state index < -0.39 is 12.1 Å². The van der Waals surface area contributed by atoms with Crippen molar-refractivity contribution in [1.82, 2.24) is 10.2 Å². The first kappa shape index (κ1) is 51.6. The maximum absolute atomic E-state index is 12.5. The highest BCUT2D eigenvalue weighted by Gasteiger charge is 2.18. The molecule has 0 saturated carbocycles. The van der Waals surface area contributed by atoms with E-state index in [9.17, 15) is 14.4 Å². The van der Waals surface area contributed by atoms with E-state index in [0.29, 0.717) is 25.9 Å². The molecule has 0 aliphatic rings. The Balaban J connectivity index is 4.26. The topological polar surface area (TPSA) is 114 Å². The molecule has 0 aromatic carbocycles. The van der Waals surface area contributed by atoms with E-state index in [0.717, 1.165) is 64.2 Å². The lowest BCUT2D eigenvalue weighted by molar-refractivity contribution is -0.147. The number of nitrogens with one attached hydrogen (secondary N) is 1. The van der Waals surface area contributed by atoms with E-state index in [1.807, 2.05) is 11.9 Å². The highest BCUT2D eigenvalue weighted by molar-refractivity contribution is 5.70. The van der Waals surface area contributed by atoms with Crippen LogP contribution < -0.4 is 5.32 Å². The van der Waals surface area contributed by atoms with Crippen LogP contribution in [0.1, 0.15) is 194 Å². The van der Waals surface area contributed by atoms with Crippen molar-refractivity contribution < 1.29 is 33.7 Å². The molecular weight excluding hydrogens is 681 g/mol. The van der Waals surface area contributed by atoms with Gasteiger partial charge in [0.15, 0.2) is 0 Å². The van der Waals surface area contributed by atoms with E-state index in [-0.39, 0.29) is 38.4 Å². The monoisotopic (exact) mass is 765 g/mol. The molecule has 0 spiro atoms. The first-order chi connectivity index (χ1) is 26.4. The summed E-state index contributed by atoms with van der Waals surface area (Å²) in [7, 11) is 1.82. The fraction of sp³-hybridized carbons (Fsp3) is 0.844. The lowest BCUT2D eigenvalue weighted by atomic mass is 10.1. The summed E-state index contributed by atoms with van der Waals surface area (Å²) in [6, 6.07) is -0.705. The Bertz CT molecular complexity index is 854. The number of carbonyl (C=O) groups is 3. The van der Waals surface area contributed by atoms with Crippen LogP contribution in [0.25, 0.3) is 0 Å². The third kappa shape index (κ3) is 39.3. The van der Waals surface area contributed by atoms with Gasteiger partial charge in [0.2, 0.25) is 0 Å². The molecule has 9 heteroatoms. The Kier molecular flexibility index (Phi) is 39.9. The maximum atomic E-state index is 12.5. The van der Waals surface area contributed by atoms with Gasteiger partial charge in [-0.3, -0.25) is 9.59 Å². The molecule has 1 amide bonds. The van der Waals surface area contributed by atoms with Crippen LogP contribution in [0.15, 0.2) is 24.3 Å². The largest absolute Gasteiger partial charge is 0.463 e. The van der Waals surface area contributed by atoms with Crippen LogP contribution in [-0.2, 0) is 23.8 Å². The summed E-state index contributed by atoms with van der Waals surface area (Å²) < 4.78 is 16.2. The minimum absolute atomic E-state index is 0.0233. The molecule has 0 fully saturated rings. The van der Waals surface area contributed by atoms with Crippen molar-refractivity contribution in [2.24, 2.45) is 0 Å². The molecule has 54 heavy (non-hydrogen) atoms. The van der Waals surface area contributed by atoms with E-state index >= 15 is 0 Å². The Morgan fingerprint density at radius 2 is 0.907 bits per heavy atom. The SMILES string of the molecule is CCCCCCCCC=CCCCCCCCC(=O)OCC(COC(=O)CCCCCCCC=CCCCCCCCC)NC(=O)OCCN(C)CCO. The summed E-state index contributed by atoms with van der Waals surface area (Å²) in [5, 5.41) is 11.7. The van der Waals surface area contributed by atoms with E-state index in [1.165, 1.54) is 103 Å². The number of allylic oxidation sites excluding steroid dienone is 4. The van der Waals surface area contributed by atoms with Gasteiger partial charge in [0.05, 0.1) is 6.61 Å². The quantitative estimate of drug-likeness (QED) is 0.0274. The van der Waals surface area contributed by atoms with Gasteiger partial charge in [0, 0.05) is 25.9 Å². The zero-order chi connectivity index (χ0) is 39.6. The molecule has 2 N–H and O–H groups in total. The van der Waals surface area contributed by atoms with Gasteiger partial charge in [-0.2, -0.15) is 0 Å². The smallest absolute Gasteiger partial charge is 0.407 e. The fourth-order valence-corrected chi connectivity index (χ4v) is 6.13. The van der Waals surface area contributed by atoms with Gasteiger partial charge in [-0.15, -0.1) is 0 Å². The molecule has 316 valence electrons. The minimum Gasteiger partial charge on any atom is -0.463 e. The van der Waals surface area contributed by atoms with Gasteiger partial charge >= 0.3 is 18.0 Å². The molecule has 0 heterocycles. The summed E-state index contributed by atoms with van der Waals surface area (Å²) >= 11 is 0. The van der Waals surface area contributed by atoms with Crippen molar-refractivity contribution in [1.29, 1.82) is 0 Å². The summed E-state index contributed by atoms with van der Waals surface area (Å²) in [5.74, 6) is -0.643. The Morgan fingerprint density at radius 1 is 0.537 bits per heavy atom. The molecule has 9 nitrogen and oxygen atoms in total. The number of alkyl carbamates (subject to hydrolysis) is 1. The molecular formula is C45H84N2O7. The van der Waals surface area contributed by atoms with Crippen molar-refractivity contribution in [3.05, 3.63) is 24.3 Å². The second kappa shape index (κ2) is 41.8. The van der Waals surface area contributed by atoms with Crippen molar-refractivity contribution in [3.63, 3.8) is 0 Å². The normalized spacial score (nSPS) is 12.2. The molecule has 0 rings (SSSR count). The molecule has 0 saturated heterocycles. The first-order valence-electron chi connectivity index (χ1n) is 22.3. The van der Waals surface area contributed by atoms with Gasteiger partial charge in [0.1, 0.15) is 25.9 Å². The number of rotatable bonds is 40. The molecule has 0 atom stereocenters. The summed E-state index contributed by atoms with van der Waals surface area (Å²) in [5.41, 5.74) is 0. The Hall–Kier alpha value is -2.39. The van der Waals surface area contributed by atoms with E-state index in [4.69, 9.17) is 19.3 Å². The van der Waals surface area contributed by atoms with Crippen molar-refractivity contribution in [2.45, 2.75) is 200 Å². The lowest BCUT2D eigenvalue weighted by Crippen LogP contribution is -2.43. The van der Waals surface area contributed by atoms with Crippen LogP contribution >= 0.6 is 0 Å². The van der Waals surface area contributed by atoms with Gasteiger partial charge in [-0.05, 0) is 71.3 Å². The summed E-state index contributed by atoms with van der Waals surface area (Å²) in [6.45, 7) is 5.43. The zero-order valence-corrected chi connectivity index (χ0v) is 35.3. The molecule has 0 aromatic heterocycles. The number of aliphatic hydroxyl groups excluding tert-OH is 1. The molecule has 0 aromatic rings. The first-order valence-corrected chi connectivity index (χ1v) is 22.3. The van der Waals surface area contributed by atoms with Crippen molar-refractivity contribution in [2.75, 3.05) is 46.6 Å². The van der Waals surface area contributed by atoms with Crippen molar-refractivity contribution in [3.8, 4) is 0 Å². The third-order valence-corrected chi connectivity index (χ3v) is 9.69. The zero-order valence-electron chi connectivity index (χ0n) is 35.3. The fourth-order valence-electron chi connectivity index (χ4n) is 6.13. The molecule has 0 aliphatic carbocycles. The molecule has 0 bridgehead atoms. The third-order valence-electron chi connectivity index (χ3n) is 9.69. The minimum atomic E-state index is -0.705. The van der Waals surface area contributed by atoms with Crippen molar-refractivity contribution >= 4 is 18.0 Å². The van der Waals surface area contributed by atoms with E-state index in [2.05, 4.69) is 43.5 Å². The van der Waals surface area contributed by atoms with Gasteiger partial charge < -0.3 is 29.5 Å². The Morgan fingerprint density at radius 3 is 1.30 bits per heavy atom. The number of aliphatic hydroxyl groups is 1. The van der Waals surface area contributed by atoms with Crippen LogP contribution in [0.2, 0.25) is 0 Å². The second-order valence-electron chi connectivity index (χ2n) is 15.0. The molecule has 0 unspecified atom stereocenters. The van der Waals surface area contributed by atoms with Gasteiger partial charge in [0.25, 0.3) is 0 Å². The average Bonchev–Trinajstić information content (AvgIpc) is 3.15. The second-order valence-corrected chi connectivity index (χ2v) is 15.0. The Labute approximate surface area is 331 Å². The van der Waals surface area contributed by atoms with Crippen LogP contribution in [-0.4, -0.2) is 80.6 Å². The number of unbranched alkanes of at least 4 members (excludes halogenated alkanes) is 22. The number of carbonyl (C=O) groups excluding carboxylic acids is 3. The van der Waals surface area contributed by atoms with Gasteiger partial charge in [-0.1, -0.05) is 141 Å². The predicted molar refractivity (Wildman–Crippen MR) is 224 cm³/mol. The maximum Gasteiger partial charge on any atom is 0.407 e. The standard InChI is InChI=1S/C45H84N2O7/c1-4-6-8-10-12-14-16-18-20-22-24-26-28-30-32-34-43(49)53-40-42(46-45(51)52-39-37-47(3)36-38-48)41-54-44(50)35-33-31-29-27-25-23-21-19-17-15-13-11-9-7-5-2/h18-21,42,48H,4-17,22-41H2,1-3H3,(H,46,51). The number of hydrogen-bond acceptors (Lipinski definition) is 8. The molecule has 0 aliphatic heterocycles. The number of amides is 1. The highest BCUT2D eigenvalue weighted by atomic mass is 16.6. The van der Waals surface area contributed by atoms with Crippen LogP contribution in [0.4, 0.5) is 4.79 Å². The van der Waals surface area contributed by atoms with Crippen LogP contribution in [0.5, 0.6) is 0 Å². The van der Waals surface area contributed by atoms with Gasteiger partial charge in [-0.25, -0.2) is 4.79 Å². The van der Waals surface area contributed by atoms with Crippen LogP contribution in [0.3, 0.4) is 0 Å². The predicted octanol–water partition coefficient (Wildman–Crippen LogP) is 11.2. The molecule has 0 radical (unpaired) electrons. The number of hydrogen-bond donors (Lipinski definition) is 2. The summed E-state index contributed by atoms with van der Waals surface area (Å²) in [6.07, 6.45) is 40.3. The number of ether oxygens (including phenoxy) is 3. The number of likely N-dealkylation sites (N-methyl/N-ethyl adjacent to an activating group) is 1. The number of esters is 2. The van der Waals surface area contributed by atoms with Crippen LogP contribution in [0, 0.1) is 0 Å². The van der Waals surface area contributed by atoms with E-state index in [1.54, 1.807) is 0 Å². The highest BCUT2D eigenvalue weighted by Crippen LogP contribution is 2.12. The average molecular weight is 765 g/mol.